The number of aromatic nitrogens is 2. The zero-order valence-corrected chi connectivity index (χ0v) is 32.5. The van der Waals surface area contributed by atoms with Gasteiger partial charge in [-0.25, -0.2) is 19.6 Å². The molecule has 2 saturated carbocycles. The molecular weight excluding hydrogens is 684 g/mol. The molecule has 4 aliphatic rings. The molecule has 2 aliphatic carbocycles. The molecule has 1 saturated heterocycles. The van der Waals surface area contributed by atoms with E-state index in [2.05, 4.69) is 11.4 Å². The third kappa shape index (κ3) is 8.35. The minimum Gasteiger partial charge on any atom is -0.489 e. The quantitative estimate of drug-likeness (QED) is 0.271. The molecule has 54 heavy (non-hydrogen) atoms. The second-order valence-electron chi connectivity index (χ2n) is 17.6. The van der Waals surface area contributed by atoms with Crippen LogP contribution in [0.25, 0.3) is 17.1 Å². The molecule has 1 aromatic heterocycles. The first-order chi connectivity index (χ1) is 25.6. The topological polar surface area (TPSA) is 129 Å². The number of hydrogen-bond donors (Lipinski definition) is 1. The number of carbonyl (C=O) groups is 3. The van der Waals surface area contributed by atoms with Crippen molar-refractivity contribution < 1.29 is 33.3 Å². The standard InChI is InChI=1S/C43H54N4O7/c1-25-35-23-47(36(25)40(49)54-43(5,6)7)39(48)37(42(2,3)4)46-41(50)53-34-21-27-20-30(27)29(34)16-12-9-13-17-32-38(52-35)45-33-22-28(18-19-31(33)44-32)51-24-26-14-10-8-11-15-26/h8,10-11,13-15,17-19,22,25,27,29-30,34-37H,9,12,16,20-21,23-24H2,1-7H3,(H,46,50)/b17-13+/t25-,27?,29-,30+,34-,35+,36+,37-/m1/s1. The first-order valence-electron chi connectivity index (χ1n) is 19.5. The zero-order valence-electron chi connectivity index (χ0n) is 32.5. The van der Waals surface area contributed by atoms with Crippen LogP contribution in [-0.4, -0.2) is 69.3 Å². The molecule has 8 atom stereocenters. The summed E-state index contributed by atoms with van der Waals surface area (Å²) in [6, 6.07) is 13.7. The number of esters is 1. The number of allylic oxidation sites excluding steroid dienone is 1. The Morgan fingerprint density at radius 1 is 0.944 bits per heavy atom. The number of benzene rings is 2. The van der Waals surface area contributed by atoms with E-state index in [4.69, 9.17) is 28.9 Å². The third-order valence-corrected chi connectivity index (χ3v) is 11.2. The summed E-state index contributed by atoms with van der Waals surface area (Å²) < 4.78 is 24.8. The van der Waals surface area contributed by atoms with E-state index in [-0.39, 0.29) is 18.6 Å². The Morgan fingerprint density at radius 3 is 2.46 bits per heavy atom. The van der Waals surface area contributed by atoms with Gasteiger partial charge in [0.15, 0.2) is 0 Å². The van der Waals surface area contributed by atoms with E-state index in [1.54, 1.807) is 20.8 Å². The fourth-order valence-corrected chi connectivity index (χ4v) is 8.36. The van der Waals surface area contributed by atoms with Gasteiger partial charge in [0.2, 0.25) is 11.8 Å². The number of fused-ring (bicyclic) bond motifs is 7. The van der Waals surface area contributed by atoms with Crippen LogP contribution in [0.3, 0.4) is 0 Å². The molecule has 2 aromatic carbocycles. The molecule has 3 heterocycles. The number of amides is 2. The molecule has 3 fully saturated rings. The Labute approximate surface area is 318 Å². The molecule has 1 N–H and O–H groups in total. The predicted molar refractivity (Wildman–Crippen MR) is 204 cm³/mol. The smallest absolute Gasteiger partial charge is 0.408 e. The van der Waals surface area contributed by atoms with Crippen LogP contribution in [0.1, 0.15) is 91.8 Å². The lowest BCUT2D eigenvalue weighted by molar-refractivity contribution is -0.165. The van der Waals surface area contributed by atoms with Gasteiger partial charge < -0.3 is 29.2 Å². The minimum absolute atomic E-state index is 0.0738. The van der Waals surface area contributed by atoms with Gasteiger partial charge in [0.1, 0.15) is 47.9 Å². The molecule has 1 unspecified atom stereocenters. The highest BCUT2D eigenvalue weighted by Crippen LogP contribution is 2.57. The van der Waals surface area contributed by atoms with Gasteiger partial charge in [-0.05, 0) is 99.8 Å². The van der Waals surface area contributed by atoms with Crippen molar-refractivity contribution in [3.8, 4) is 11.6 Å². The normalized spacial score (nSPS) is 29.4. The average molecular weight is 739 g/mol. The molecule has 0 radical (unpaired) electrons. The maximum Gasteiger partial charge on any atom is 0.408 e. The third-order valence-electron chi connectivity index (χ3n) is 11.2. The fourth-order valence-electron chi connectivity index (χ4n) is 8.36. The van der Waals surface area contributed by atoms with Gasteiger partial charge in [-0.15, -0.1) is 0 Å². The van der Waals surface area contributed by atoms with Crippen LogP contribution in [0.2, 0.25) is 0 Å². The lowest BCUT2D eigenvalue weighted by atomic mass is 9.85. The molecule has 11 nitrogen and oxygen atoms in total. The monoisotopic (exact) mass is 738 g/mol. The Morgan fingerprint density at radius 2 is 1.72 bits per heavy atom. The second-order valence-corrected chi connectivity index (χ2v) is 17.6. The summed E-state index contributed by atoms with van der Waals surface area (Å²) in [6.45, 7) is 13.4. The van der Waals surface area contributed by atoms with E-state index in [9.17, 15) is 14.4 Å². The summed E-state index contributed by atoms with van der Waals surface area (Å²) in [5.74, 6) is 0.980. The molecule has 11 heteroatoms. The van der Waals surface area contributed by atoms with Crippen molar-refractivity contribution in [2.45, 2.75) is 117 Å². The van der Waals surface area contributed by atoms with Crippen molar-refractivity contribution in [2.75, 3.05) is 6.54 Å². The summed E-state index contributed by atoms with van der Waals surface area (Å²) in [5.41, 5.74) is 1.41. The summed E-state index contributed by atoms with van der Waals surface area (Å²) in [4.78, 5) is 53.6. The minimum atomic E-state index is -0.970. The SMILES string of the molecule is C[C@@H]1[C@@H]2CN(C(=O)[C@H](C(C)(C)C)NC(=O)O[C@@H]3CC4C[C@@H]4[C@H]3CCC/C=C/c3nc4ccc(OCc5ccccc5)cc4nc3O2)[C@@H]1C(=O)OC(C)(C)C. The van der Waals surface area contributed by atoms with Crippen LogP contribution in [0.4, 0.5) is 4.79 Å². The summed E-state index contributed by atoms with van der Waals surface area (Å²) in [5, 5.41) is 2.93. The van der Waals surface area contributed by atoms with Gasteiger partial charge in [-0.1, -0.05) is 64.1 Å². The molecule has 2 amide bonds. The van der Waals surface area contributed by atoms with Gasteiger partial charge in [-0.3, -0.25) is 4.79 Å². The highest BCUT2D eigenvalue weighted by atomic mass is 16.6. The van der Waals surface area contributed by atoms with E-state index >= 15 is 0 Å². The summed E-state index contributed by atoms with van der Waals surface area (Å²) in [6.07, 6.45) is 7.33. The number of rotatable bonds is 4. The number of carbonyl (C=O) groups excluding carboxylic acids is 3. The van der Waals surface area contributed by atoms with E-state index < -0.39 is 53.1 Å². The van der Waals surface area contributed by atoms with Crippen LogP contribution in [0, 0.1) is 29.1 Å². The lowest BCUT2D eigenvalue weighted by Crippen LogP contribution is -2.58. The first-order valence-corrected chi connectivity index (χ1v) is 19.5. The number of hydrogen-bond acceptors (Lipinski definition) is 9. The second kappa shape index (κ2) is 14.9. The highest BCUT2D eigenvalue weighted by Gasteiger charge is 2.55. The van der Waals surface area contributed by atoms with Gasteiger partial charge in [0.25, 0.3) is 0 Å². The number of ether oxygens (including phenoxy) is 4. The maximum absolute atomic E-state index is 14.7. The van der Waals surface area contributed by atoms with Crippen LogP contribution in [0.5, 0.6) is 11.6 Å². The van der Waals surface area contributed by atoms with Crippen LogP contribution >= 0.6 is 0 Å². The summed E-state index contributed by atoms with van der Waals surface area (Å²) >= 11 is 0. The van der Waals surface area contributed by atoms with E-state index in [1.165, 1.54) is 11.3 Å². The Hall–Kier alpha value is -4.67. The van der Waals surface area contributed by atoms with Crippen LogP contribution < -0.4 is 14.8 Å². The molecule has 7 rings (SSSR count). The molecule has 288 valence electrons. The van der Waals surface area contributed by atoms with Crippen molar-refractivity contribution in [3.05, 3.63) is 65.9 Å². The molecule has 0 spiro atoms. The van der Waals surface area contributed by atoms with Gasteiger partial charge >= 0.3 is 12.1 Å². The number of nitrogens with zero attached hydrogens (tertiary/aromatic N) is 3. The van der Waals surface area contributed by atoms with Crippen LogP contribution in [0.15, 0.2) is 54.6 Å². The van der Waals surface area contributed by atoms with Crippen LogP contribution in [-0.2, 0) is 25.7 Å². The average Bonchev–Trinajstić information content (AvgIpc) is 3.67. The Bertz CT molecular complexity index is 1900. The van der Waals surface area contributed by atoms with Gasteiger partial charge in [-0.2, -0.15) is 0 Å². The van der Waals surface area contributed by atoms with E-state index in [0.717, 1.165) is 31.2 Å². The highest BCUT2D eigenvalue weighted by molar-refractivity contribution is 5.91. The molecular formula is C43H54N4O7. The Balaban J connectivity index is 1.25. The van der Waals surface area contributed by atoms with Crippen molar-refractivity contribution in [1.82, 2.24) is 20.2 Å². The largest absolute Gasteiger partial charge is 0.489 e. The number of alkyl carbamates (subject to hydrolysis) is 1. The maximum atomic E-state index is 14.7. The lowest BCUT2D eigenvalue weighted by Gasteiger charge is -2.36. The first kappa shape index (κ1) is 37.6. The van der Waals surface area contributed by atoms with Crippen molar-refractivity contribution >= 4 is 35.1 Å². The van der Waals surface area contributed by atoms with Crippen molar-refractivity contribution in [3.63, 3.8) is 0 Å². The molecule has 2 aliphatic heterocycles. The fraction of sp³-hybridized carbons (Fsp3) is 0.558. The van der Waals surface area contributed by atoms with E-state index in [0.29, 0.717) is 46.8 Å². The molecule has 3 aromatic rings. The molecule has 2 bridgehead atoms. The summed E-state index contributed by atoms with van der Waals surface area (Å²) in [7, 11) is 0. The Kier molecular flexibility index (Phi) is 10.4. The van der Waals surface area contributed by atoms with Crippen molar-refractivity contribution in [2.24, 2.45) is 29.1 Å². The van der Waals surface area contributed by atoms with Gasteiger partial charge in [0, 0.05) is 12.0 Å². The van der Waals surface area contributed by atoms with Gasteiger partial charge in [0.05, 0.1) is 17.6 Å². The predicted octanol–water partition coefficient (Wildman–Crippen LogP) is 7.51. The number of nitrogens with one attached hydrogen (secondary N) is 1. The van der Waals surface area contributed by atoms with E-state index in [1.807, 2.05) is 82.3 Å². The zero-order chi connectivity index (χ0) is 38.4. The van der Waals surface area contributed by atoms with Crippen molar-refractivity contribution in [1.29, 1.82) is 0 Å².